The van der Waals surface area contributed by atoms with E-state index in [2.05, 4.69) is 0 Å². The Morgan fingerprint density at radius 2 is 1.71 bits per heavy atom. The standard InChI is InChI=1S/C11H12F5N/c1-7-2-3-8(5-10(12,13)6-17)4-9(7)11(14,15)16/h2-4H,5-6,17H2,1H3. The molecule has 1 nitrogen and oxygen atoms in total. The van der Waals surface area contributed by atoms with Crippen LogP contribution in [-0.2, 0) is 12.6 Å². The Morgan fingerprint density at radius 1 is 1.12 bits per heavy atom. The lowest BCUT2D eigenvalue weighted by molar-refractivity contribution is -0.138. The number of benzene rings is 1. The minimum absolute atomic E-state index is 0.0114. The van der Waals surface area contributed by atoms with Crippen molar-refractivity contribution in [3.05, 3.63) is 34.9 Å². The normalized spacial score (nSPS) is 12.9. The molecule has 0 bridgehead atoms. The molecule has 0 fully saturated rings. The summed E-state index contributed by atoms with van der Waals surface area (Å²) in [5.41, 5.74) is 3.89. The topological polar surface area (TPSA) is 26.0 Å². The lowest BCUT2D eigenvalue weighted by Gasteiger charge is -2.16. The molecule has 17 heavy (non-hydrogen) atoms. The Kier molecular flexibility index (Phi) is 3.76. The van der Waals surface area contributed by atoms with Gasteiger partial charge >= 0.3 is 6.18 Å². The van der Waals surface area contributed by atoms with Gasteiger partial charge in [0, 0.05) is 6.42 Å². The van der Waals surface area contributed by atoms with Crippen molar-refractivity contribution in [2.45, 2.75) is 25.4 Å². The van der Waals surface area contributed by atoms with Gasteiger partial charge in [-0.25, -0.2) is 8.78 Å². The minimum atomic E-state index is -4.53. The third-order valence-electron chi connectivity index (χ3n) is 2.37. The molecule has 2 N–H and O–H groups in total. The van der Waals surface area contributed by atoms with Crippen LogP contribution in [0.3, 0.4) is 0 Å². The number of aryl methyl sites for hydroxylation is 1. The van der Waals surface area contributed by atoms with Gasteiger partial charge in [-0.05, 0) is 24.1 Å². The molecule has 0 saturated carbocycles. The van der Waals surface area contributed by atoms with E-state index in [1.54, 1.807) is 0 Å². The van der Waals surface area contributed by atoms with E-state index in [0.29, 0.717) is 0 Å². The third kappa shape index (κ3) is 3.66. The summed E-state index contributed by atoms with van der Waals surface area (Å²) >= 11 is 0. The van der Waals surface area contributed by atoms with Gasteiger partial charge in [-0.15, -0.1) is 0 Å². The Morgan fingerprint density at radius 3 is 2.18 bits per heavy atom. The monoisotopic (exact) mass is 253 g/mol. The van der Waals surface area contributed by atoms with Gasteiger partial charge in [-0.3, -0.25) is 0 Å². The zero-order chi connectivity index (χ0) is 13.3. The highest BCUT2D eigenvalue weighted by molar-refractivity contribution is 5.33. The second-order valence-corrected chi connectivity index (χ2v) is 3.88. The van der Waals surface area contributed by atoms with Gasteiger partial charge in [0.15, 0.2) is 0 Å². The summed E-state index contributed by atoms with van der Waals surface area (Å²) in [6.07, 6.45) is -5.31. The SMILES string of the molecule is Cc1ccc(CC(F)(F)CN)cc1C(F)(F)F. The van der Waals surface area contributed by atoms with E-state index in [1.807, 2.05) is 0 Å². The van der Waals surface area contributed by atoms with Gasteiger partial charge in [-0.2, -0.15) is 13.2 Å². The first-order chi connectivity index (χ1) is 7.65. The zero-order valence-corrected chi connectivity index (χ0v) is 9.11. The Bertz CT molecular complexity index is 397. The smallest absolute Gasteiger partial charge is 0.325 e. The third-order valence-corrected chi connectivity index (χ3v) is 2.37. The molecule has 0 atom stereocenters. The van der Waals surface area contributed by atoms with Crippen LogP contribution >= 0.6 is 0 Å². The Balaban J connectivity index is 3.06. The fraction of sp³-hybridized carbons (Fsp3) is 0.455. The van der Waals surface area contributed by atoms with Crippen LogP contribution in [0.4, 0.5) is 22.0 Å². The molecule has 0 aliphatic heterocycles. The van der Waals surface area contributed by atoms with Crippen molar-refractivity contribution in [1.29, 1.82) is 0 Å². The van der Waals surface area contributed by atoms with E-state index in [0.717, 1.165) is 6.07 Å². The predicted octanol–water partition coefficient (Wildman–Crippen LogP) is 3.15. The van der Waals surface area contributed by atoms with Crippen LogP contribution in [0, 0.1) is 6.92 Å². The molecule has 96 valence electrons. The maximum Gasteiger partial charge on any atom is 0.416 e. The summed E-state index contributed by atoms with van der Waals surface area (Å²) in [6.45, 7) is 0.399. The van der Waals surface area contributed by atoms with Crippen LogP contribution in [0.5, 0.6) is 0 Å². The molecule has 0 spiro atoms. The van der Waals surface area contributed by atoms with E-state index in [1.165, 1.54) is 19.1 Å². The molecule has 0 aromatic heterocycles. The molecule has 1 aromatic rings. The largest absolute Gasteiger partial charge is 0.416 e. The molecule has 1 aromatic carbocycles. The molecule has 0 saturated heterocycles. The first-order valence-corrected chi connectivity index (χ1v) is 4.90. The number of nitrogens with two attached hydrogens (primary N) is 1. The second kappa shape index (κ2) is 4.60. The quantitative estimate of drug-likeness (QED) is 0.823. The predicted molar refractivity (Wildman–Crippen MR) is 53.9 cm³/mol. The van der Waals surface area contributed by atoms with Crippen molar-refractivity contribution in [2.75, 3.05) is 6.54 Å². The molecule has 0 unspecified atom stereocenters. The summed E-state index contributed by atoms with van der Waals surface area (Å²) < 4.78 is 63.5. The van der Waals surface area contributed by atoms with Gasteiger partial charge in [0.25, 0.3) is 5.92 Å². The molecular formula is C11H12F5N. The summed E-state index contributed by atoms with van der Waals surface area (Å²) in [5.74, 6) is -3.18. The Hall–Kier alpha value is -1.17. The van der Waals surface area contributed by atoms with Crippen molar-refractivity contribution in [1.82, 2.24) is 0 Å². The zero-order valence-electron chi connectivity index (χ0n) is 9.11. The highest BCUT2D eigenvalue weighted by atomic mass is 19.4. The van der Waals surface area contributed by atoms with E-state index in [4.69, 9.17) is 5.73 Å². The molecule has 1 rings (SSSR count). The first kappa shape index (κ1) is 13.9. The van der Waals surface area contributed by atoms with Crippen molar-refractivity contribution < 1.29 is 22.0 Å². The maximum absolute atomic E-state index is 13.0. The Labute approximate surface area is 95.4 Å². The van der Waals surface area contributed by atoms with Crippen LogP contribution in [0.2, 0.25) is 0 Å². The summed E-state index contributed by atoms with van der Waals surface area (Å²) in [5, 5.41) is 0. The van der Waals surface area contributed by atoms with Gasteiger partial charge < -0.3 is 5.73 Å². The van der Waals surface area contributed by atoms with E-state index >= 15 is 0 Å². The molecule has 6 heteroatoms. The van der Waals surface area contributed by atoms with E-state index in [-0.39, 0.29) is 11.1 Å². The average molecular weight is 253 g/mol. The first-order valence-electron chi connectivity index (χ1n) is 4.90. The molecule has 0 heterocycles. The van der Waals surface area contributed by atoms with Crippen LogP contribution < -0.4 is 5.73 Å². The maximum atomic E-state index is 13.0. The minimum Gasteiger partial charge on any atom is -0.325 e. The molecule has 0 aliphatic carbocycles. The van der Waals surface area contributed by atoms with Crippen molar-refractivity contribution in [3.8, 4) is 0 Å². The molecule has 0 aliphatic rings. The lowest BCUT2D eigenvalue weighted by Crippen LogP contribution is -2.30. The number of rotatable bonds is 3. The molecule has 0 radical (unpaired) electrons. The van der Waals surface area contributed by atoms with Gasteiger partial charge in [-0.1, -0.05) is 12.1 Å². The van der Waals surface area contributed by atoms with Crippen LogP contribution in [-0.4, -0.2) is 12.5 Å². The lowest BCUT2D eigenvalue weighted by atomic mass is 10.0. The van der Waals surface area contributed by atoms with Crippen LogP contribution in [0.15, 0.2) is 18.2 Å². The number of hydrogen-bond donors (Lipinski definition) is 1. The summed E-state index contributed by atoms with van der Waals surface area (Å²) in [6, 6.07) is 3.19. The van der Waals surface area contributed by atoms with Gasteiger partial charge in [0.05, 0.1) is 12.1 Å². The van der Waals surface area contributed by atoms with E-state index < -0.39 is 30.6 Å². The van der Waals surface area contributed by atoms with Gasteiger partial charge in [0.1, 0.15) is 0 Å². The fourth-order valence-corrected chi connectivity index (χ4v) is 1.46. The van der Waals surface area contributed by atoms with Crippen molar-refractivity contribution in [3.63, 3.8) is 0 Å². The summed E-state index contributed by atoms with van der Waals surface area (Å²) in [7, 11) is 0. The van der Waals surface area contributed by atoms with Gasteiger partial charge in [0.2, 0.25) is 0 Å². The van der Waals surface area contributed by atoms with Crippen LogP contribution in [0.25, 0.3) is 0 Å². The number of halogens is 5. The second-order valence-electron chi connectivity index (χ2n) is 3.88. The van der Waals surface area contributed by atoms with Crippen molar-refractivity contribution in [2.24, 2.45) is 5.73 Å². The number of hydrogen-bond acceptors (Lipinski definition) is 1. The average Bonchev–Trinajstić information content (AvgIpc) is 2.19. The fourth-order valence-electron chi connectivity index (χ4n) is 1.46. The van der Waals surface area contributed by atoms with Crippen molar-refractivity contribution >= 4 is 0 Å². The highest BCUT2D eigenvalue weighted by Crippen LogP contribution is 2.33. The highest BCUT2D eigenvalue weighted by Gasteiger charge is 2.34. The molecule has 0 amide bonds. The molecular weight excluding hydrogens is 241 g/mol. The summed E-state index contributed by atoms with van der Waals surface area (Å²) in [4.78, 5) is 0. The van der Waals surface area contributed by atoms with Crippen LogP contribution in [0.1, 0.15) is 16.7 Å². The number of alkyl halides is 5. The van der Waals surface area contributed by atoms with E-state index in [9.17, 15) is 22.0 Å².